The Morgan fingerprint density at radius 3 is 1.27 bits per heavy atom. The minimum absolute atomic E-state index is 0.111. The van der Waals surface area contributed by atoms with Crippen molar-refractivity contribution in [2.75, 3.05) is 0 Å². The maximum Gasteiger partial charge on any atom is 0.282 e. The van der Waals surface area contributed by atoms with Crippen LogP contribution in [0.15, 0.2) is 24.3 Å². The molecule has 0 saturated carbocycles. The molecule has 0 unspecified atom stereocenters. The summed E-state index contributed by atoms with van der Waals surface area (Å²) in [6, 6.07) is 1.99. The molecule has 13 nitrogen and oxygen atoms in total. The van der Waals surface area contributed by atoms with Gasteiger partial charge in [-0.15, -0.1) is 0 Å². The molecule has 3 rings (SSSR count). The summed E-state index contributed by atoms with van der Waals surface area (Å²) < 4.78 is 0. The molecule has 0 aromatic heterocycles. The molecular weight excluding hydrogens is 354 g/mol. The number of hydrogen-bond donors (Lipinski definition) is 1. The minimum Gasteiger partial charge on any atom is -0.320 e. The van der Waals surface area contributed by atoms with Gasteiger partial charge in [0.15, 0.2) is 0 Å². The van der Waals surface area contributed by atoms with Crippen molar-refractivity contribution in [1.82, 2.24) is 0 Å². The first kappa shape index (κ1) is 16.8. The highest BCUT2D eigenvalue weighted by Crippen LogP contribution is 2.52. The standard InChI is InChI=1S/C13H7N5O8/c14-13-11-7(1-5(15(19)20)3-9(11)17(23)24)8-2-6(16(21)22)4-10(12(8)13)18(25)26/h1-4,13H,14H2. The van der Waals surface area contributed by atoms with E-state index in [0.29, 0.717) is 12.1 Å². The van der Waals surface area contributed by atoms with Crippen molar-refractivity contribution in [2.45, 2.75) is 6.04 Å². The molecule has 1 aliphatic carbocycles. The molecule has 0 spiro atoms. The monoisotopic (exact) mass is 361 g/mol. The van der Waals surface area contributed by atoms with Gasteiger partial charge in [-0.05, 0) is 0 Å². The Labute approximate surface area is 142 Å². The predicted octanol–water partition coefficient (Wildman–Crippen LogP) is 2.35. The van der Waals surface area contributed by atoms with Crippen LogP contribution in [0.25, 0.3) is 11.1 Å². The van der Waals surface area contributed by atoms with Crippen LogP contribution in [0.5, 0.6) is 0 Å². The van der Waals surface area contributed by atoms with Crippen LogP contribution in [0, 0.1) is 40.5 Å². The van der Waals surface area contributed by atoms with Crippen LogP contribution in [-0.2, 0) is 0 Å². The number of hydrogen-bond acceptors (Lipinski definition) is 9. The largest absolute Gasteiger partial charge is 0.320 e. The third kappa shape index (κ3) is 2.30. The lowest BCUT2D eigenvalue weighted by atomic mass is 10.0. The molecule has 2 aromatic carbocycles. The summed E-state index contributed by atoms with van der Waals surface area (Å²) in [6.45, 7) is 0. The van der Waals surface area contributed by atoms with Gasteiger partial charge in [-0.2, -0.15) is 0 Å². The zero-order chi connectivity index (χ0) is 19.3. The minimum atomic E-state index is -1.33. The predicted molar refractivity (Wildman–Crippen MR) is 84.5 cm³/mol. The first-order valence-electron chi connectivity index (χ1n) is 6.83. The first-order valence-corrected chi connectivity index (χ1v) is 6.83. The summed E-state index contributed by atoms with van der Waals surface area (Å²) in [5.41, 5.74) is 2.74. The van der Waals surface area contributed by atoms with Crippen LogP contribution in [0.4, 0.5) is 22.7 Å². The number of nitro benzene ring substituents is 4. The molecule has 1 aliphatic rings. The van der Waals surface area contributed by atoms with Gasteiger partial charge in [0.05, 0.1) is 49.0 Å². The molecule has 13 heteroatoms. The fourth-order valence-corrected chi connectivity index (χ4v) is 3.00. The van der Waals surface area contributed by atoms with Gasteiger partial charge in [0.25, 0.3) is 22.7 Å². The van der Waals surface area contributed by atoms with Crippen LogP contribution >= 0.6 is 0 Å². The maximum absolute atomic E-state index is 11.3. The molecule has 26 heavy (non-hydrogen) atoms. The second-order valence-electron chi connectivity index (χ2n) is 5.36. The normalized spacial score (nSPS) is 12.3. The molecule has 0 saturated heterocycles. The highest BCUT2D eigenvalue weighted by Gasteiger charge is 2.41. The van der Waals surface area contributed by atoms with E-state index in [2.05, 4.69) is 0 Å². The van der Waals surface area contributed by atoms with Gasteiger partial charge in [0.2, 0.25) is 0 Å². The van der Waals surface area contributed by atoms with Gasteiger partial charge in [0.1, 0.15) is 0 Å². The van der Waals surface area contributed by atoms with Crippen molar-refractivity contribution >= 4 is 22.7 Å². The Morgan fingerprint density at radius 2 is 1.00 bits per heavy atom. The molecule has 0 bridgehead atoms. The average Bonchev–Trinajstić information content (AvgIpc) is 2.85. The van der Waals surface area contributed by atoms with Crippen molar-refractivity contribution in [1.29, 1.82) is 0 Å². The van der Waals surface area contributed by atoms with E-state index in [9.17, 15) is 40.5 Å². The van der Waals surface area contributed by atoms with E-state index in [1.54, 1.807) is 0 Å². The highest BCUT2D eigenvalue weighted by molar-refractivity contribution is 5.88. The average molecular weight is 361 g/mol. The van der Waals surface area contributed by atoms with Crippen molar-refractivity contribution in [3.8, 4) is 11.1 Å². The topological polar surface area (TPSA) is 199 Å². The maximum atomic E-state index is 11.3. The van der Waals surface area contributed by atoms with Crippen molar-refractivity contribution in [3.63, 3.8) is 0 Å². The van der Waals surface area contributed by atoms with Crippen LogP contribution in [0.1, 0.15) is 17.2 Å². The number of nitrogens with two attached hydrogens (primary N) is 1. The van der Waals surface area contributed by atoms with Crippen molar-refractivity contribution < 1.29 is 19.7 Å². The summed E-state index contributed by atoms with van der Waals surface area (Å²) in [6.07, 6.45) is 0. The van der Waals surface area contributed by atoms with E-state index in [0.717, 1.165) is 12.1 Å². The van der Waals surface area contributed by atoms with E-state index in [-0.39, 0.29) is 22.3 Å². The number of nitro groups is 4. The summed E-state index contributed by atoms with van der Waals surface area (Å²) in [5.74, 6) is 0. The number of non-ortho nitro benzene ring substituents is 2. The molecular formula is C13H7N5O8. The molecule has 0 fully saturated rings. The second-order valence-corrected chi connectivity index (χ2v) is 5.36. The summed E-state index contributed by atoms with van der Waals surface area (Å²) in [7, 11) is 0. The number of rotatable bonds is 4. The second kappa shape index (κ2) is 5.52. The quantitative estimate of drug-likeness (QED) is 0.626. The SMILES string of the molecule is NC1c2c(cc([N+](=O)[O-])cc2[N+](=O)[O-])-c2cc([N+](=O)[O-])cc([N+](=O)[O-])c21. The van der Waals surface area contributed by atoms with Gasteiger partial charge >= 0.3 is 0 Å². The van der Waals surface area contributed by atoms with E-state index in [1.807, 2.05) is 0 Å². The lowest BCUT2D eigenvalue weighted by molar-refractivity contribution is -0.394. The van der Waals surface area contributed by atoms with Crippen molar-refractivity contribution in [2.24, 2.45) is 5.73 Å². The van der Waals surface area contributed by atoms with Crippen LogP contribution in [0.2, 0.25) is 0 Å². The number of benzene rings is 2. The summed E-state index contributed by atoms with van der Waals surface area (Å²) in [5, 5.41) is 44.7. The Morgan fingerprint density at radius 1 is 0.654 bits per heavy atom. The van der Waals surface area contributed by atoms with Gasteiger partial charge in [0, 0.05) is 23.3 Å². The Hall–Kier alpha value is -4.00. The molecule has 0 aliphatic heterocycles. The molecule has 132 valence electrons. The van der Waals surface area contributed by atoms with Crippen molar-refractivity contribution in [3.05, 3.63) is 75.8 Å². The fraction of sp³-hybridized carbons (Fsp3) is 0.0769. The molecule has 0 amide bonds. The molecule has 0 heterocycles. The Bertz CT molecular complexity index is 952. The van der Waals surface area contributed by atoms with Gasteiger partial charge in [-0.3, -0.25) is 40.5 Å². The van der Waals surface area contributed by atoms with E-state index < -0.39 is 48.5 Å². The van der Waals surface area contributed by atoms with Crippen LogP contribution in [0.3, 0.4) is 0 Å². The lowest BCUT2D eigenvalue weighted by Gasteiger charge is -2.07. The Balaban J connectivity index is 2.45. The zero-order valence-electron chi connectivity index (χ0n) is 12.5. The highest BCUT2D eigenvalue weighted by atomic mass is 16.6. The smallest absolute Gasteiger partial charge is 0.282 e. The number of fused-ring (bicyclic) bond motifs is 3. The van der Waals surface area contributed by atoms with Gasteiger partial charge in [-0.25, -0.2) is 0 Å². The lowest BCUT2D eigenvalue weighted by Crippen LogP contribution is -2.12. The van der Waals surface area contributed by atoms with E-state index in [4.69, 9.17) is 5.73 Å². The molecule has 0 atom stereocenters. The first-order chi connectivity index (χ1) is 12.1. The van der Waals surface area contributed by atoms with Gasteiger partial charge in [-0.1, -0.05) is 0 Å². The third-order valence-corrected chi connectivity index (χ3v) is 4.01. The van der Waals surface area contributed by atoms with Gasteiger partial charge < -0.3 is 5.73 Å². The van der Waals surface area contributed by atoms with Crippen LogP contribution in [-0.4, -0.2) is 19.7 Å². The van der Waals surface area contributed by atoms with E-state index >= 15 is 0 Å². The number of nitrogens with zero attached hydrogens (tertiary/aromatic N) is 4. The molecule has 2 N–H and O–H groups in total. The van der Waals surface area contributed by atoms with E-state index in [1.165, 1.54) is 0 Å². The molecule has 2 aromatic rings. The zero-order valence-corrected chi connectivity index (χ0v) is 12.5. The van der Waals surface area contributed by atoms with Crippen LogP contribution < -0.4 is 5.73 Å². The fourth-order valence-electron chi connectivity index (χ4n) is 3.00. The summed E-state index contributed by atoms with van der Waals surface area (Å²) in [4.78, 5) is 41.2. The summed E-state index contributed by atoms with van der Waals surface area (Å²) >= 11 is 0. The Kier molecular flexibility index (Phi) is 3.58. The molecule has 0 radical (unpaired) electrons. The third-order valence-electron chi connectivity index (χ3n) is 4.01.